The number of nitrogens with zero attached hydrogens (tertiary/aromatic N) is 3. The van der Waals surface area contributed by atoms with Crippen molar-refractivity contribution in [2.24, 2.45) is 5.92 Å². The zero-order valence-corrected chi connectivity index (χ0v) is 17.6. The summed E-state index contributed by atoms with van der Waals surface area (Å²) in [5, 5.41) is 9.46. The minimum Gasteiger partial charge on any atom is -0.383 e. The Morgan fingerprint density at radius 2 is 1.94 bits per heavy atom. The highest BCUT2D eigenvalue weighted by molar-refractivity contribution is 6.39. The van der Waals surface area contributed by atoms with Gasteiger partial charge in [0, 0.05) is 18.3 Å². The van der Waals surface area contributed by atoms with Gasteiger partial charge in [-0.25, -0.2) is 4.98 Å². The summed E-state index contributed by atoms with van der Waals surface area (Å²) in [7, 11) is 0. The number of carbonyl (C=O) groups excluding carboxylic acids is 2. The highest BCUT2D eigenvalue weighted by Gasteiger charge is 2.34. The number of carbonyl (C=O) groups is 2. The highest BCUT2D eigenvalue weighted by atomic mass is 16.2. The standard InChI is InChI=1S/C23H26N6O2/c1-14-3-8-20(17-6-4-16(5-7-17)18-10-26-27-11-18)29(13-14)23(31)22(30)28-19-9-15(2)21(24)25-12-19/h4-7,9-12,14,20H,3,8,13H2,1-2H3,(H2,24,25)(H,26,27)(H,28,30)/t14-,20+/m0/s1. The van der Waals surface area contributed by atoms with E-state index in [0.29, 0.717) is 24.0 Å². The van der Waals surface area contributed by atoms with E-state index in [1.54, 1.807) is 24.1 Å². The number of likely N-dealkylation sites (tertiary alicyclic amines) is 1. The van der Waals surface area contributed by atoms with Crippen LogP contribution in [0.25, 0.3) is 11.1 Å². The van der Waals surface area contributed by atoms with E-state index in [1.165, 1.54) is 6.20 Å². The Balaban J connectivity index is 1.53. The maximum atomic E-state index is 13.1. The molecule has 1 saturated heterocycles. The largest absolute Gasteiger partial charge is 0.383 e. The van der Waals surface area contributed by atoms with Crippen molar-refractivity contribution in [2.75, 3.05) is 17.6 Å². The molecule has 1 fully saturated rings. The van der Waals surface area contributed by atoms with Gasteiger partial charge in [-0.3, -0.25) is 14.7 Å². The van der Waals surface area contributed by atoms with Crippen molar-refractivity contribution in [2.45, 2.75) is 32.7 Å². The molecule has 1 aromatic carbocycles. The summed E-state index contributed by atoms with van der Waals surface area (Å²) < 4.78 is 0. The van der Waals surface area contributed by atoms with Crippen molar-refractivity contribution in [1.29, 1.82) is 0 Å². The Kier molecular flexibility index (Phi) is 5.70. The molecule has 2 atom stereocenters. The summed E-state index contributed by atoms with van der Waals surface area (Å²) in [5.74, 6) is -0.475. The van der Waals surface area contributed by atoms with Crippen LogP contribution in [0.4, 0.5) is 11.5 Å². The third-order valence-electron chi connectivity index (χ3n) is 5.78. The molecule has 160 valence electrons. The number of nitrogens with two attached hydrogens (primary N) is 1. The second-order valence-corrected chi connectivity index (χ2v) is 8.15. The van der Waals surface area contributed by atoms with Gasteiger partial charge in [0.25, 0.3) is 0 Å². The fourth-order valence-corrected chi connectivity index (χ4v) is 4.00. The van der Waals surface area contributed by atoms with E-state index in [-0.39, 0.29) is 6.04 Å². The van der Waals surface area contributed by atoms with Gasteiger partial charge in [0.2, 0.25) is 0 Å². The van der Waals surface area contributed by atoms with Crippen LogP contribution in [0.3, 0.4) is 0 Å². The first-order valence-corrected chi connectivity index (χ1v) is 10.4. The maximum Gasteiger partial charge on any atom is 0.313 e. The minimum absolute atomic E-state index is 0.140. The third-order valence-corrected chi connectivity index (χ3v) is 5.78. The molecule has 31 heavy (non-hydrogen) atoms. The summed E-state index contributed by atoms with van der Waals surface area (Å²) in [4.78, 5) is 31.6. The number of nitrogen functional groups attached to an aromatic ring is 1. The lowest BCUT2D eigenvalue weighted by Gasteiger charge is -2.38. The molecule has 1 aliphatic heterocycles. The molecule has 0 radical (unpaired) electrons. The number of anilines is 2. The first kappa shape index (κ1) is 20.6. The zero-order chi connectivity index (χ0) is 22.0. The van der Waals surface area contributed by atoms with Gasteiger partial charge in [-0.2, -0.15) is 5.10 Å². The lowest BCUT2D eigenvalue weighted by Crippen LogP contribution is -2.46. The summed E-state index contributed by atoms with van der Waals surface area (Å²) in [6, 6.07) is 9.65. The van der Waals surface area contributed by atoms with E-state index in [1.807, 2.05) is 30.5 Å². The number of piperidine rings is 1. The molecular weight excluding hydrogens is 392 g/mol. The quantitative estimate of drug-likeness (QED) is 0.564. The van der Waals surface area contributed by atoms with Crippen molar-refractivity contribution in [3.63, 3.8) is 0 Å². The van der Waals surface area contributed by atoms with Gasteiger partial charge >= 0.3 is 11.8 Å². The molecular formula is C23H26N6O2. The third kappa shape index (κ3) is 4.42. The van der Waals surface area contributed by atoms with E-state index >= 15 is 0 Å². The Morgan fingerprint density at radius 3 is 2.61 bits per heavy atom. The van der Waals surface area contributed by atoms with Gasteiger partial charge in [0.05, 0.1) is 24.1 Å². The molecule has 1 aliphatic rings. The lowest BCUT2D eigenvalue weighted by atomic mass is 9.89. The number of H-pyrrole nitrogens is 1. The number of benzene rings is 1. The van der Waals surface area contributed by atoms with Gasteiger partial charge in [0.1, 0.15) is 5.82 Å². The predicted octanol–water partition coefficient (Wildman–Crippen LogP) is 3.30. The molecule has 0 aliphatic carbocycles. The average molecular weight is 419 g/mol. The molecule has 0 spiro atoms. The topological polar surface area (TPSA) is 117 Å². The zero-order valence-electron chi connectivity index (χ0n) is 17.6. The maximum absolute atomic E-state index is 13.1. The van der Waals surface area contributed by atoms with Crippen LogP contribution in [0.1, 0.15) is 36.9 Å². The summed E-state index contributed by atoms with van der Waals surface area (Å²) in [6.07, 6.45) is 6.88. The van der Waals surface area contributed by atoms with Crippen LogP contribution in [-0.4, -0.2) is 38.4 Å². The molecule has 2 amide bonds. The molecule has 0 saturated carbocycles. The minimum atomic E-state index is -0.667. The van der Waals surface area contributed by atoms with E-state index in [4.69, 9.17) is 5.73 Å². The number of aromatic nitrogens is 3. The van der Waals surface area contributed by atoms with Crippen molar-refractivity contribution < 1.29 is 9.59 Å². The lowest BCUT2D eigenvalue weighted by molar-refractivity contribution is -0.146. The number of rotatable bonds is 3. The molecule has 4 rings (SSSR count). The fraction of sp³-hybridized carbons (Fsp3) is 0.304. The Morgan fingerprint density at radius 1 is 1.16 bits per heavy atom. The SMILES string of the molecule is Cc1cc(NC(=O)C(=O)N2C[C@@H](C)CC[C@@H]2c2ccc(-c3cn[nH]c3)cc2)cnc1N. The molecule has 3 heterocycles. The highest BCUT2D eigenvalue weighted by Crippen LogP contribution is 2.34. The van der Waals surface area contributed by atoms with E-state index in [2.05, 4.69) is 27.4 Å². The molecule has 3 aromatic rings. The van der Waals surface area contributed by atoms with Crippen LogP contribution >= 0.6 is 0 Å². The molecule has 8 nitrogen and oxygen atoms in total. The van der Waals surface area contributed by atoms with Gasteiger partial charge in [-0.1, -0.05) is 31.2 Å². The van der Waals surface area contributed by atoms with Crippen LogP contribution in [0.2, 0.25) is 0 Å². The van der Waals surface area contributed by atoms with Crippen LogP contribution in [0, 0.1) is 12.8 Å². The fourth-order valence-electron chi connectivity index (χ4n) is 4.00. The predicted molar refractivity (Wildman–Crippen MR) is 119 cm³/mol. The number of amides is 2. The van der Waals surface area contributed by atoms with Crippen LogP contribution in [0.15, 0.2) is 48.9 Å². The van der Waals surface area contributed by atoms with Gasteiger partial charge in [-0.05, 0) is 48.4 Å². The molecule has 0 unspecified atom stereocenters. The Labute approximate surface area is 180 Å². The Bertz CT molecular complexity index is 1080. The molecule has 2 aromatic heterocycles. The van der Waals surface area contributed by atoms with E-state index < -0.39 is 11.8 Å². The smallest absolute Gasteiger partial charge is 0.313 e. The van der Waals surface area contributed by atoms with Crippen molar-refractivity contribution >= 4 is 23.3 Å². The normalized spacial score (nSPS) is 18.6. The monoisotopic (exact) mass is 418 g/mol. The van der Waals surface area contributed by atoms with Crippen LogP contribution in [0.5, 0.6) is 0 Å². The van der Waals surface area contributed by atoms with Crippen molar-refractivity contribution in [1.82, 2.24) is 20.1 Å². The van der Waals surface area contributed by atoms with Crippen molar-refractivity contribution in [3.05, 3.63) is 60.0 Å². The first-order chi connectivity index (χ1) is 14.9. The Hall–Kier alpha value is -3.68. The van der Waals surface area contributed by atoms with Crippen molar-refractivity contribution in [3.8, 4) is 11.1 Å². The van der Waals surface area contributed by atoms with Crippen LogP contribution in [-0.2, 0) is 9.59 Å². The van der Waals surface area contributed by atoms with Crippen LogP contribution < -0.4 is 11.1 Å². The number of hydrogen-bond donors (Lipinski definition) is 3. The van der Waals surface area contributed by atoms with Gasteiger partial charge in [0.15, 0.2) is 0 Å². The molecule has 8 heteroatoms. The van der Waals surface area contributed by atoms with E-state index in [0.717, 1.165) is 35.1 Å². The number of hydrogen-bond acceptors (Lipinski definition) is 5. The van der Waals surface area contributed by atoms with Gasteiger partial charge < -0.3 is 16.0 Å². The second-order valence-electron chi connectivity index (χ2n) is 8.15. The molecule has 4 N–H and O–H groups in total. The van der Waals surface area contributed by atoms with E-state index in [9.17, 15) is 9.59 Å². The summed E-state index contributed by atoms with van der Waals surface area (Å²) in [5.41, 5.74) is 10.00. The number of pyridine rings is 1. The number of nitrogens with one attached hydrogen (secondary N) is 2. The summed E-state index contributed by atoms with van der Waals surface area (Å²) in [6.45, 7) is 4.44. The number of aryl methyl sites for hydroxylation is 1. The first-order valence-electron chi connectivity index (χ1n) is 10.4. The number of aromatic amines is 1. The average Bonchev–Trinajstić information content (AvgIpc) is 3.31. The summed E-state index contributed by atoms with van der Waals surface area (Å²) >= 11 is 0. The second kappa shape index (κ2) is 8.59. The molecule has 0 bridgehead atoms. The van der Waals surface area contributed by atoms with Gasteiger partial charge in [-0.15, -0.1) is 0 Å².